The van der Waals surface area contributed by atoms with Crippen molar-refractivity contribution in [1.29, 1.82) is 0 Å². The molecular weight excluding hydrogens is 282 g/mol. The lowest BCUT2D eigenvalue weighted by Crippen LogP contribution is -2.15. The van der Waals surface area contributed by atoms with Gasteiger partial charge in [-0.1, -0.05) is 20.3 Å². The van der Waals surface area contributed by atoms with Crippen LogP contribution >= 0.6 is 11.3 Å². The van der Waals surface area contributed by atoms with Gasteiger partial charge >= 0.3 is 0 Å². The van der Waals surface area contributed by atoms with Gasteiger partial charge in [-0.15, -0.1) is 11.3 Å². The van der Waals surface area contributed by atoms with Crippen LogP contribution in [0.4, 0.5) is 0 Å². The molecule has 0 bridgehead atoms. The van der Waals surface area contributed by atoms with Crippen molar-refractivity contribution in [2.24, 2.45) is 0 Å². The van der Waals surface area contributed by atoms with Crippen molar-refractivity contribution in [3.05, 3.63) is 15.6 Å². The summed E-state index contributed by atoms with van der Waals surface area (Å²) in [6.45, 7) is 7.32. The van der Waals surface area contributed by atoms with E-state index in [2.05, 4.69) is 4.98 Å². The number of hydrogen-bond donors (Lipinski definition) is 1. The van der Waals surface area contributed by atoms with Crippen molar-refractivity contribution in [1.82, 2.24) is 4.98 Å². The second-order valence-corrected chi connectivity index (χ2v) is 8.55. The number of hydrogen-bond acceptors (Lipinski definition) is 5. The quantitative estimate of drug-likeness (QED) is 0.841. The lowest BCUT2D eigenvalue weighted by atomic mass is 10.0. The molecule has 19 heavy (non-hydrogen) atoms. The van der Waals surface area contributed by atoms with E-state index in [1.165, 1.54) is 11.3 Å². The van der Waals surface area contributed by atoms with Gasteiger partial charge in [-0.25, -0.2) is 13.4 Å². The molecule has 0 aliphatic rings. The molecule has 1 aromatic rings. The van der Waals surface area contributed by atoms with Gasteiger partial charge in [0, 0.05) is 0 Å². The Morgan fingerprint density at radius 3 is 2.37 bits per heavy atom. The minimum absolute atomic E-state index is 0.0156. The standard InChI is InChI=1S/C13H23NO3S2/c1-5-7-10-12(13(3,4)15)18-11(14-10)9-19(16,17)8-6-2/h15H,5-9H2,1-4H3. The number of sulfone groups is 1. The van der Waals surface area contributed by atoms with Gasteiger partial charge in [-0.2, -0.15) is 0 Å². The summed E-state index contributed by atoms with van der Waals surface area (Å²) in [5.41, 5.74) is -0.128. The molecule has 0 amide bonds. The highest BCUT2D eigenvalue weighted by Gasteiger charge is 2.25. The van der Waals surface area contributed by atoms with Gasteiger partial charge in [0.05, 0.1) is 21.9 Å². The molecule has 6 heteroatoms. The van der Waals surface area contributed by atoms with Crippen LogP contribution < -0.4 is 0 Å². The zero-order valence-corrected chi connectivity index (χ0v) is 13.7. The summed E-state index contributed by atoms with van der Waals surface area (Å²) in [6, 6.07) is 0. The maximum absolute atomic E-state index is 11.8. The number of aliphatic hydroxyl groups is 1. The van der Waals surface area contributed by atoms with Gasteiger partial charge in [-0.05, 0) is 26.7 Å². The molecule has 0 fully saturated rings. The largest absolute Gasteiger partial charge is 0.385 e. The molecule has 0 aromatic carbocycles. The monoisotopic (exact) mass is 305 g/mol. The third kappa shape index (κ3) is 4.85. The second-order valence-electron chi connectivity index (χ2n) is 5.28. The number of aryl methyl sites for hydroxylation is 1. The molecule has 1 heterocycles. The van der Waals surface area contributed by atoms with Gasteiger partial charge in [0.25, 0.3) is 0 Å². The first-order chi connectivity index (χ1) is 8.69. The van der Waals surface area contributed by atoms with E-state index in [1.807, 2.05) is 13.8 Å². The first kappa shape index (κ1) is 16.6. The molecule has 0 aliphatic heterocycles. The Morgan fingerprint density at radius 2 is 1.89 bits per heavy atom. The Balaban J connectivity index is 3.05. The summed E-state index contributed by atoms with van der Waals surface area (Å²) in [6.07, 6.45) is 2.31. The van der Waals surface area contributed by atoms with Crippen molar-refractivity contribution in [2.75, 3.05) is 5.75 Å². The molecule has 0 spiro atoms. The predicted octanol–water partition coefficient (Wildman–Crippen LogP) is 2.65. The number of aromatic nitrogens is 1. The molecule has 110 valence electrons. The van der Waals surface area contributed by atoms with E-state index >= 15 is 0 Å². The second kappa shape index (κ2) is 6.33. The van der Waals surface area contributed by atoms with Crippen molar-refractivity contribution >= 4 is 21.2 Å². The van der Waals surface area contributed by atoms with Crippen LogP contribution in [0.15, 0.2) is 0 Å². The Kier molecular flexibility index (Phi) is 5.53. The average Bonchev–Trinajstić information content (AvgIpc) is 2.60. The van der Waals surface area contributed by atoms with E-state index in [9.17, 15) is 13.5 Å². The molecule has 1 aromatic heterocycles. The highest BCUT2D eigenvalue weighted by atomic mass is 32.2. The predicted molar refractivity (Wildman–Crippen MR) is 79.1 cm³/mol. The first-order valence-corrected chi connectivity index (χ1v) is 9.25. The summed E-state index contributed by atoms with van der Waals surface area (Å²) in [5, 5.41) is 10.7. The molecule has 4 nitrogen and oxygen atoms in total. The Hall–Kier alpha value is -0.460. The fourth-order valence-electron chi connectivity index (χ4n) is 1.92. The zero-order chi connectivity index (χ0) is 14.7. The normalized spacial score (nSPS) is 12.9. The van der Waals surface area contributed by atoms with Crippen LogP contribution in [-0.4, -0.2) is 24.3 Å². The number of rotatable bonds is 7. The minimum atomic E-state index is -3.08. The molecule has 0 atom stereocenters. The van der Waals surface area contributed by atoms with Gasteiger partial charge in [0.1, 0.15) is 10.8 Å². The van der Waals surface area contributed by atoms with Crippen LogP contribution in [0.25, 0.3) is 0 Å². The topological polar surface area (TPSA) is 67.3 Å². The van der Waals surface area contributed by atoms with Crippen molar-refractivity contribution < 1.29 is 13.5 Å². The van der Waals surface area contributed by atoms with E-state index < -0.39 is 15.4 Å². The Morgan fingerprint density at radius 1 is 1.26 bits per heavy atom. The maximum atomic E-state index is 11.8. The molecule has 1 N–H and O–H groups in total. The highest BCUT2D eigenvalue weighted by Crippen LogP contribution is 2.31. The van der Waals surface area contributed by atoms with Gasteiger partial charge in [-0.3, -0.25) is 0 Å². The number of nitrogens with zero attached hydrogens (tertiary/aromatic N) is 1. The zero-order valence-electron chi connectivity index (χ0n) is 12.1. The molecule has 1 rings (SSSR count). The van der Waals surface area contributed by atoms with E-state index in [0.29, 0.717) is 11.4 Å². The van der Waals surface area contributed by atoms with Crippen molar-refractivity contribution in [3.63, 3.8) is 0 Å². The lowest BCUT2D eigenvalue weighted by Gasteiger charge is -2.16. The molecule has 0 radical (unpaired) electrons. The molecule has 0 aliphatic carbocycles. The maximum Gasteiger partial charge on any atom is 0.156 e. The van der Waals surface area contributed by atoms with Crippen LogP contribution in [0, 0.1) is 0 Å². The fraction of sp³-hybridized carbons (Fsp3) is 0.769. The summed E-state index contributed by atoms with van der Waals surface area (Å²) in [5.74, 6) is 0.172. The van der Waals surface area contributed by atoms with Gasteiger partial charge in [0.2, 0.25) is 0 Å². The summed E-state index contributed by atoms with van der Waals surface area (Å²) in [4.78, 5) is 5.20. The Bertz CT molecular complexity index is 512. The summed E-state index contributed by atoms with van der Waals surface area (Å²) in [7, 11) is -3.08. The summed E-state index contributed by atoms with van der Waals surface area (Å²) >= 11 is 1.32. The third-order valence-corrected chi connectivity index (χ3v) is 5.98. The molecule has 0 saturated carbocycles. The summed E-state index contributed by atoms with van der Waals surface area (Å²) < 4.78 is 23.7. The van der Waals surface area contributed by atoms with Crippen LogP contribution in [-0.2, 0) is 27.6 Å². The van der Waals surface area contributed by atoms with Crippen LogP contribution in [0.2, 0.25) is 0 Å². The highest BCUT2D eigenvalue weighted by molar-refractivity contribution is 7.90. The SMILES string of the molecule is CCCc1nc(CS(=O)(=O)CCC)sc1C(C)(C)O. The van der Waals surface area contributed by atoms with E-state index in [-0.39, 0.29) is 11.5 Å². The fourth-order valence-corrected chi connectivity index (χ4v) is 4.81. The molecule has 0 saturated heterocycles. The van der Waals surface area contributed by atoms with Crippen LogP contribution in [0.1, 0.15) is 56.1 Å². The third-order valence-electron chi connectivity index (χ3n) is 2.64. The van der Waals surface area contributed by atoms with E-state index in [0.717, 1.165) is 23.4 Å². The molecule has 0 unspecified atom stereocenters. The van der Waals surface area contributed by atoms with Crippen molar-refractivity contribution in [3.8, 4) is 0 Å². The number of thiazole rings is 1. The van der Waals surface area contributed by atoms with E-state index in [4.69, 9.17) is 0 Å². The Labute approximate surface area is 119 Å². The average molecular weight is 305 g/mol. The minimum Gasteiger partial charge on any atom is -0.385 e. The van der Waals surface area contributed by atoms with Gasteiger partial charge in [0.15, 0.2) is 9.84 Å². The lowest BCUT2D eigenvalue weighted by molar-refractivity contribution is 0.0813. The van der Waals surface area contributed by atoms with E-state index in [1.54, 1.807) is 13.8 Å². The van der Waals surface area contributed by atoms with Crippen LogP contribution in [0.5, 0.6) is 0 Å². The molecular formula is C13H23NO3S2. The first-order valence-electron chi connectivity index (χ1n) is 6.61. The van der Waals surface area contributed by atoms with Gasteiger partial charge < -0.3 is 5.11 Å². The smallest absolute Gasteiger partial charge is 0.156 e. The van der Waals surface area contributed by atoms with Crippen molar-refractivity contribution in [2.45, 2.75) is 58.3 Å². The van der Waals surface area contributed by atoms with Crippen LogP contribution in [0.3, 0.4) is 0 Å².